The maximum Gasteiger partial charge on any atom is 0.410 e. The number of rotatable bonds is 3. The predicted molar refractivity (Wildman–Crippen MR) is 105 cm³/mol. The van der Waals surface area contributed by atoms with Gasteiger partial charge >= 0.3 is 6.09 Å². The van der Waals surface area contributed by atoms with E-state index in [2.05, 4.69) is 0 Å². The molecule has 154 valence electrons. The molecule has 1 aromatic carbocycles. The summed E-state index contributed by atoms with van der Waals surface area (Å²) in [6, 6.07) is 7.55. The summed E-state index contributed by atoms with van der Waals surface area (Å²) in [4.78, 5) is 28.4. The first kappa shape index (κ1) is 20.3. The summed E-state index contributed by atoms with van der Waals surface area (Å²) in [5.41, 5.74) is -0.509. The molecule has 1 saturated heterocycles. The van der Waals surface area contributed by atoms with Crippen LogP contribution in [0.2, 0.25) is 0 Å². The fourth-order valence-corrected chi connectivity index (χ4v) is 3.50. The highest BCUT2D eigenvalue weighted by Crippen LogP contribution is 2.31. The van der Waals surface area contributed by atoms with Crippen LogP contribution in [-0.4, -0.2) is 66.8 Å². The van der Waals surface area contributed by atoms with E-state index in [0.717, 1.165) is 5.75 Å². The van der Waals surface area contributed by atoms with Gasteiger partial charge in [0.15, 0.2) is 17.6 Å². The Hall–Kier alpha value is -2.44. The van der Waals surface area contributed by atoms with Crippen molar-refractivity contribution in [2.45, 2.75) is 45.3 Å². The van der Waals surface area contributed by atoms with Crippen molar-refractivity contribution in [3.8, 4) is 11.5 Å². The first-order chi connectivity index (χ1) is 13.2. The van der Waals surface area contributed by atoms with Crippen LogP contribution in [0, 0.1) is 5.92 Å². The number of hydrogen-bond acceptors (Lipinski definition) is 5. The zero-order valence-electron chi connectivity index (χ0n) is 17.1. The number of hydrogen-bond donors (Lipinski definition) is 0. The molecule has 1 fully saturated rings. The van der Waals surface area contributed by atoms with Gasteiger partial charge in [0.25, 0.3) is 0 Å². The number of piperidine rings is 1. The van der Waals surface area contributed by atoms with E-state index in [9.17, 15) is 9.59 Å². The van der Waals surface area contributed by atoms with Gasteiger partial charge in [-0.2, -0.15) is 0 Å². The molecule has 2 aliphatic rings. The maximum atomic E-state index is 12.8. The lowest BCUT2D eigenvalue weighted by molar-refractivity contribution is -0.137. The number of nitrogens with zero attached hydrogens (tertiary/aromatic N) is 2. The van der Waals surface area contributed by atoms with Crippen LogP contribution >= 0.6 is 0 Å². The Morgan fingerprint density at radius 2 is 1.82 bits per heavy atom. The Labute approximate surface area is 166 Å². The van der Waals surface area contributed by atoms with Gasteiger partial charge in [-0.3, -0.25) is 4.79 Å². The van der Waals surface area contributed by atoms with Crippen molar-refractivity contribution in [3.05, 3.63) is 24.3 Å². The van der Waals surface area contributed by atoms with E-state index in [1.807, 2.05) is 45.0 Å². The number of benzene rings is 1. The molecule has 28 heavy (non-hydrogen) atoms. The SMILES string of the molecule is CN(CC1COc2ccccc2O1)C(=O)C1CCN(C(=O)OC(C)(C)C)CC1. The third-order valence-electron chi connectivity index (χ3n) is 4.92. The third-order valence-corrected chi connectivity index (χ3v) is 4.92. The van der Waals surface area contributed by atoms with Crippen LogP contribution in [0.25, 0.3) is 0 Å². The Bertz CT molecular complexity index is 707. The Balaban J connectivity index is 1.47. The van der Waals surface area contributed by atoms with Gasteiger partial charge in [0.1, 0.15) is 12.2 Å². The van der Waals surface area contributed by atoms with Crippen molar-refractivity contribution >= 4 is 12.0 Å². The minimum Gasteiger partial charge on any atom is -0.486 e. The smallest absolute Gasteiger partial charge is 0.410 e. The third kappa shape index (κ3) is 5.09. The van der Waals surface area contributed by atoms with Crippen LogP contribution in [-0.2, 0) is 9.53 Å². The largest absolute Gasteiger partial charge is 0.486 e. The van der Waals surface area contributed by atoms with Gasteiger partial charge in [-0.15, -0.1) is 0 Å². The number of carbonyl (C=O) groups is 2. The van der Waals surface area contributed by atoms with Gasteiger partial charge in [-0.05, 0) is 45.7 Å². The zero-order chi connectivity index (χ0) is 20.3. The van der Waals surface area contributed by atoms with Gasteiger partial charge in [0.05, 0.1) is 6.54 Å². The van der Waals surface area contributed by atoms with E-state index in [1.165, 1.54) is 0 Å². The standard InChI is InChI=1S/C21H30N2O5/c1-21(2,3)28-20(25)23-11-9-15(10-12-23)19(24)22(4)13-16-14-26-17-7-5-6-8-18(17)27-16/h5-8,15-16H,9-14H2,1-4H3. The molecule has 0 aliphatic carbocycles. The second-order valence-corrected chi connectivity index (χ2v) is 8.46. The van der Waals surface area contributed by atoms with Crippen LogP contribution in [0.1, 0.15) is 33.6 Å². The maximum absolute atomic E-state index is 12.8. The van der Waals surface area contributed by atoms with E-state index in [-0.39, 0.29) is 24.0 Å². The lowest BCUT2D eigenvalue weighted by Gasteiger charge is -2.35. The molecule has 7 heteroatoms. The summed E-state index contributed by atoms with van der Waals surface area (Å²) in [5, 5.41) is 0. The lowest BCUT2D eigenvalue weighted by Crippen LogP contribution is -2.47. The molecule has 0 radical (unpaired) electrons. The highest BCUT2D eigenvalue weighted by atomic mass is 16.6. The Morgan fingerprint density at radius 1 is 1.18 bits per heavy atom. The van der Waals surface area contributed by atoms with Gasteiger partial charge in [0, 0.05) is 26.1 Å². The molecular weight excluding hydrogens is 360 g/mol. The van der Waals surface area contributed by atoms with E-state index < -0.39 is 5.60 Å². The summed E-state index contributed by atoms with van der Waals surface area (Å²) in [6.07, 6.45) is 0.796. The molecule has 7 nitrogen and oxygen atoms in total. The fraction of sp³-hybridized carbons (Fsp3) is 0.619. The zero-order valence-corrected chi connectivity index (χ0v) is 17.1. The van der Waals surface area contributed by atoms with Crippen molar-refractivity contribution in [1.29, 1.82) is 0 Å². The average molecular weight is 390 g/mol. The molecule has 0 bridgehead atoms. The highest BCUT2D eigenvalue weighted by Gasteiger charge is 2.32. The minimum absolute atomic E-state index is 0.0829. The fourth-order valence-electron chi connectivity index (χ4n) is 3.50. The van der Waals surface area contributed by atoms with Crippen molar-refractivity contribution in [2.75, 3.05) is 33.3 Å². The first-order valence-electron chi connectivity index (χ1n) is 9.84. The molecule has 0 saturated carbocycles. The van der Waals surface area contributed by atoms with Crippen molar-refractivity contribution in [2.24, 2.45) is 5.92 Å². The molecule has 2 heterocycles. The van der Waals surface area contributed by atoms with Gasteiger partial charge in [-0.1, -0.05) is 12.1 Å². The van der Waals surface area contributed by atoms with Crippen molar-refractivity contribution in [1.82, 2.24) is 9.80 Å². The molecule has 0 spiro atoms. The summed E-state index contributed by atoms with van der Waals surface area (Å²) in [6.45, 7) is 7.53. The number of amides is 2. The number of ether oxygens (including phenoxy) is 3. The number of para-hydroxylation sites is 2. The van der Waals surface area contributed by atoms with Gasteiger partial charge in [-0.25, -0.2) is 4.79 Å². The monoisotopic (exact) mass is 390 g/mol. The molecule has 2 amide bonds. The van der Waals surface area contributed by atoms with Crippen LogP contribution in [0.3, 0.4) is 0 Å². The molecule has 1 aromatic rings. The van der Waals surface area contributed by atoms with Crippen molar-refractivity contribution in [3.63, 3.8) is 0 Å². The second-order valence-electron chi connectivity index (χ2n) is 8.46. The number of carbonyl (C=O) groups excluding carboxylic acids is 2. The summed E-state index contributed by atoms with van der Waals surface area (Å²) in [7, 11) is 1.80. The Morgan fingerprint density at radius 3 is 2.46 bits per heavy atom. The van der Waals surface area contributed by atoms with Crippen LogP contribution < -0.4 is 9.47 Å². The lowest BCUT2D eigenvalue weighted by atomic mass is 9.95. The molecule has 1 unspecified atom stereocenters. The topological polar surface area (TPSA) is 68.3 Å². The van der Waals surface area contributed by atoms with E-state index in [0.29, 0.717) is 44.8 Å². The van der Waals surface area contributed by atoms with Crippen LogP contribution in [0.5, 0.6) is 11.5 Å². The summed E-state index contributed by atoms with van der Waals surface area (Å²) in [5.74, 6) is 1.46. The van der Waals surface area contributed by atoms with Gasteiger partial charge in [0.2, 0.25) is 5.91 Å². The number of likely N-dealkylation sites (N-methyl/N-ethyl adjacent to an activating group) is 1. The molecule has 3 rings (SSSR count). The summed E-state index contributed by atoms with van der Waals surface area (Å²) < 4.78 is 17.1. The number of fused-ring (bicyclic) bond motifs is 1. The van der Waals surface area contributed by atoms with Gasteiger partial charge < -0.3 is 24.0 Å². The molecule has 2 aliphatic heterocycles. The van der Waals surface area contributed by atoms with E-state index >= 15 is 0 Å². The quantitative estimate of drug-likeness (QED) is 0.794. The first-order valence-corrected chi connectivity index (χ1v) is 9.84. The molecule has 0 N–H and O–H groups in total. The normalized spacial score (nSPS) is 19.9. The van der Waals surface area contributed by atoms with E-state index in [4.69, 9.17) is 14.2 Å². The second kappa shape index (κ2) is 8.29. The number of likely N-dealkylation sites (tertiary alicyclic amines) is 1. The molecular formula is C21H30N2O5. The highest BCUT2D eigenvalue weighted by molar-refractivity contribution is 5.79. The molecule has 0 aromatic heterocycles. The average Bonchev–Trinajstić information content (AvgIpc) is 2.66. The summed E-state index contributed by atoms with van der Waals surface area (Å²) >= 11 is 0. The molecule has 1 atom stereocenters. The van der Waals surface area contributed by atoms with Crippen LogP contribution in [0.4, 0.5) is 4.79 Å². The minimum atomic E-state index is -0.509. The predicted octanol–water partition coefficient (Wildman–Crippen LogP) is 2.93. The van der Waals surface area contributed by atoms with Crippen molar-refractivity contribution < 1.29 is 23.8 Å². The Kier molecular flexibility index (Phi) is 6.01. The van der Waals surface area contributed by atoms with E-state index in [1.54, 1.807) is 16.8 Å². The van der Waals surface area contributed by atoms with Crippen LogP contribution in [0.15, 0.2) is 24.3 Å².